The maximum absolute atomic E-state index is 11.9. The molecule has 1 aromatic carbocycles. The van der Waals surface area contributed by atoms with Gasteiger partial charge in [0.1, 0.15) is 0 Å². The van der Waals surface area contributed by atoms with Gasteiger partial charge in [0, 0.05) is 28.5 Å². The minimum atomic E-state index is -0.999. The largest absolute Gasteiger partial charge is 0.478 e. The number of hydrogen-bond donors (Lipinski definition) is 1. The van der Waals surface area contributed by atoms with Gasteiger partial charge in [0.15, 0.2) is 0 Å². The van der Waals surface area contributed by atoms with E-state index in [2.05, 4.69) is 31.9 Å². The molecule has 2 rings (SSSR count). The summed E-state index contributed by atoms with van der Waals surface area (Å²) in [5.41, 5.74) is 0.810. The molecule has 6 heteroatoms. The van der Waals surface area contributed by atoms with Gasteiger partial charge in [-0.05, 0) is 24.1 Å². The molecule has 0 aliphatic carbocycles. The number of benzene rings is 1. The van der Waals surface area contributed by atoms with E-state index in [9.17, 15) is 9.59 Å². The summed E-state index contributed by atoms with van der Waals surface area (Å²) in [6, 6.07) is 4.82. The Morgan fingerprint density at radius 2 is 2.17 bits per heavy atom. The monoisotopic (exact) mass is 375 g/mol. The van der Waals surface area contributed by atoms with Crippen molar-refractivity contribution in [2.24, 2.45) is 5.92 Å². The summed E-state index contributed by atoms with van der Waals surface area (Å²) >= 11 is 6.64. The molecule has 18 heavy (non-hydrogen) atoms. The zero-order valence-corrected chi connectivity index (χ0v) is 12.6. The Labute approximate surface area is 121 Å². The molecule has 0 spiro atoms. The molecular weight excluding hydrogens is 366 g/mol. The Bertz CT molecular complexity index is 504. The average Bonchev–Trinajstić information content (AvgIpc) is 2.69. The van der Waals surface area contributed by atoms with Crippen molar-refractivity contribution < 1.29 is 14.7 Å². The summed E-state index contributed by atoms with van der Waals surface area (Å²) in [5.74, 6) is -0.681. The van der Waals surface area contributed by atoms with E-state index in [0.29, 0.717) is 23.1 Å². The molecule has 0 aromatic heterocycles. The molecule has 1 unspecified atom stereocenters. The van der Waals surface area contributed by atoms with E-state index in [1.807, 2.05) is 0 Å². The smallest absolute Gasteiger partial charge is 0.335 e. The average molecular weight is 377 g/mol. The van der Waals surface area contributed by atoms with Crippen LogP contribution in [0.2, 0.25) is 0 Å². The molecule has 0 radical (unpaired) electrons. The predicted octanol–water partition coefficient (Wildman–Crippen LogP) is 2.90. The number of hydrogen-bond acceptors (Lipinski definition) is 2. The Balaban J connectivity index is 2.34. The molecule has 1 fully saturated rings. The number of carboxylic acid groups (broad SMARTS) is 1. The highest BCUT2D eigenvalue weighted by Crippen LogP contribution is 2.29. The van der Waals surface area contributed by atoms with Crippen molar-refractivity contribution in [3.05, 3.63) is 28.2 Å². The number of carbonyl (C=O) groups excluding carboxylic acids is 1. The van der Waals surface area contributed by atoms with Crippen molar-refractivity contribution in [3.63, 3.8) is 0 Å². The summed E-state index contributed by atoms with van der Waals surface area (Å²) in [4.78, 5) is 24.5. The first-order chi connectivity index (χ1) is 8.51. The molecule has 1 aliphatic rings. The van der Waals surface area contributed by atoms with Gasteiger partial charge in [0.05, 0.1) is 5.56 Å². The lowest BCUT2D eigenvalue weighted by molar-refractivity contribution is -0.117. The van der Waals surface area contributed by atoms with Crippen LogP contribution in [-0.2, 0) is 4.79 Å². The van der Waals surface area contributed by atoms with E-state index in [1.165, 1.54) is 12.1 Å². The Hall–Kier alpha value is -0.880. The van der Waals surface area contributed by atoms with Gasteiger partial charge < -0.3 is 10.0 Å². The van der Waals surface area contributed by atoms with Crippen molar-refractivity contribution in [1.82, 2.24) is 0 Å². The minimum Gasteiger partial charge on any atom is -0.478 e. The van der Waals surface area contributed by atoms with E-state index in [4.69, 9.17) is 5.11 Å². The van der Waals surface area contributed by atoms with Crippen LogP contribution in [-0.4, -0.2) is 28.9 Å². The van der Waals surface area contributed by atoms with Crippen LogP contribution in [0.4, 0.5) is 5.69 Å². The highest BCUT2D eigenvalue weighted by atomic mass is 79.9. The first kappa shape index (κ1) is 13.5. The second kappa shape index (κ2) is 5.40. The van der Waals surface area contributed by atoms with Gasteiger partial charge in [0.2, 0.25) is 5.91 Å². The van der Waals surface area contributed by atoms with Crippen molar-refractivity contribution in [2.75, 3.05) is 16.8 Å². The molecule has 0 bridgehead atoms. The molecule has 1 aliphatic heterocycles. The molecule has 1 atom stereocenters. The lowest BCUT2D eigenvalue weighted by Crippen LogP contribution is -2.25. The predicted molar refractivity (Wildman–Crippen MR) is 75.4 cm³/mol. The van der Waals surface area contributed by atoms with Gasteiger partial charge in [-0.3, -0.25) is 4.79 Å². The van der Waals surface area contributed by atoms with Gasteiger partial charge in [-0.2, -0.15) is 0 Å². The zero-order chi connectivity index (χ0) is 13.3. The van der Waals surface area contributed by atoms with Crippen LogP contribution in [0.15, 0.2) is 22.7 Å². The fourth-order valence-corrected chi connectivity index (χ4v) is 2.90. The van der Waals surface area contributed by atoms with Crippen LogP contribution < -0.4 is 4.90 Å². The highest BCUT2D eigenvalue weighted by molar-refractivity contribution is 9.10. The Kier molecular flexibility index (Phi) is 4.07. The molecule has 1 saturated heterocycles. The van der Waals surface area contributed by atoms with E-state index in [-0.39, 0.29) is 17.4 Å². The second-order valence-corrected chi connectivity index (χ2v) is 5.80. The number of rotatable bonds is 3. The third-order valence-corrected chi connectivity index (χ3v) is 4.24. The Morgan fingerprint density at radius 3 is 2.72 bits per heavy atom. The van der Waals surface area contributed by atoms with Gasteiger partial charge >= 0.3 is 5.97 Å². The first-order valence-corrected chi connectivity index (χ1v) is 7.33. The number of nitrogens with zero attached hydrogens (tertiary/aromatic N) is 1. The second-order valence-electron chi connectivity index (χ2n) is 4.23. The van der Waals surface area contributed by atoms with Gasteiger partial charge in [0.25, 0.3) is 0 Å². The number of halogens is 2. The van der Waals surface area contributed by atoms with Gasteiger partial charge in [-0.25, -0.2) is 4.79 Å². The minimum absolute atomic E-state index is 0.0360. The molecular formula is C12H11Br2NO3. The number of carbonyl (C=O) groups is 2. The molecule has 1 N–H and O–H groups in total. The first-order valence-electron chi connectivity index (χ1n) is 5.41. The fourth-order valence-electron chi connectivity index (χ4n) is 1.99. The lowest BCUT2D eigenvalue weighted by Gasteiger charge is -2.17. The SMILES string of the molecule is O=C(O)c1cc(Br)cc(N2CC(CBr)CC2=O)c1. The quantitative estimate of drug-likeness (QED) is 0.825. The van der Waals surface area contributed by atoms with Crippen molar-refractivity contribution >= 4 is 49.4 Å². The molecule has 4 nitrogen and oxygen atoms in total. The maximum Gasteiger partial charge on any atom is 0.335 e. The third kappa shape index (κ3) is 2.75. The van der Waals surface area contributed by atoms with Gasteiger partial charge in [-0.1, -0.05) is 31.9 Å². The zero-order valence-electron chi connectivity index (χ0n) is 9.40. The van der Waals surface area contributed by atoms with Crippen molar-refractivity contribution in [1.29, 1.82) is 0 Å². The summed E-state index contributed by atoms with van der Waals surface area (Å²) < 4.78 is 0.660. The van der Waals surface area contributed by atoms with Crippen molar-refractivity contribution in [2.45, 2.75) is 6.42 Å². The van der Waals surface area contributed by atoms with Crippen LogP contribution in [0.5, 0.6) is 0 Å². The molecule has 96 valence electrons. The van der Waals surface area contributed by atoms with Crippen LogP contribution in [0, 0.1) is 5.92 Å². The van der Waals surface area contributed by atoms with Crippen molar-refractivity contribution in [3.8, 4) is 0 Å². The maximum atomic E-state index is 11.9. The summed E-state index contributed by atoms with van der Waals surface area (Å²) in [6.45, 7) is 0.625. The number of carboxylic acids is 1. The fraction of sp³-hybridized carbons (Fsp3) is 0.333. The van der Waals surface area contributed by atoms with E-state index < -0.39 is 5.97 Å². The molecule has 1 amide bonds. The number of anilines is 1. The molecule has 1 aromatic rings. The van der Waals surface area contributed by atoms with E-state index in [1.54, 1.807) is 11.0 Å². The highest BCUT2D eigenvalue weighted by Gasteiger charge is 2.30. The normalized spacial score (nSPS) is 19.3. The van der Waals surface area contributed by atoms with E-state index >= 15 is 0 Å². The summed E-state index contributed by atoms with van der Waals surface area (Å²) in [5, 5.41) is 9.78. The van der Waals surface area contributed by atoms with Crippen LogP contribution in [0.25, 0.3) is 0 Å². The number of aromatic carboxylic acids is 1. The van der Waals surface area contributed by atoms with Crippen LogP contribution >= 0.6 is 31.9 Å². The topological polar surface area (TPSA) is 57.6 Å². The molecule has 0 saturated carbocycles. The van der Waals surface area contributed by atoms with Gasteiger partial charge in [-0.15, -0.1) is 0 Å². The summed E-state index contributed by atoms with van der Waals surface area (Å²) in [6.07, 6.45) is 0.500. The van der Waals surface area contributed by atoms with Crippen LogP contribution in [0.3, 0.4) is 0 Å². The number of amides is 1. The standard InChI is InChI=1S/C12H11Br2NO3/c13-5-7-1-11(16)15(6-7)10-3-8(12(17)18)2-9(14)4-10/h2-4,7H,1,5-6H2,(H,17,18). The number of alkyl halides is 1. The van der Waals surface area contributed by atoms with E-state index in [0.717, 1.165) is 5.33 Å². The Morgan fingerprint density at radius 1 is 1.44 bits per heavy atom. The van der Waals surface area contributed by atoms with Crippen LogP contribution in [0.1, 0.15) is 16.8 Å². The lowest BCUT2D eigenvalue weighted by atomic mass is 10.1. The molecule has 1 heterocycles. The third-order valence-electron chi connectivity index (χ3n) is 2.86. The summed E-state index contributed by atoms with van der Waals surface area (Å²) in [7, 11) is 0.